The fourth-order valence-electron chi connectivity index (χ4n) is 3.14. The fraction of sp³-hybridized carbons (Fsp3) is 0.417. The average molecular weight is 431 g/mol. The van der Waals surface area contributed by atoms with Gasteiger partial charge in [-0.1, -0.05) is 44.5 Å². The average Bonchev–Trinajstić information content (AvgIpc) is 2.78. The van der Waals surface area contributed by atoms with Crippen LogP contribution in [-0.2, 0) is 16.1 Å². The van der Waals surface area contributed by atoms with Crippen molar-refractivity contribution in [1.82, 2.24) is 10.2 Å². The highest BCUT2D eigenvalue weighted by Crippen LogP contribution is 2.18. The second kappa shape index (κ2) is 12.6. The number of carbonyl (C=O) groups is 2. The number of amides is 2. The van der Waals surface area contributed by atoms with Crippen LogP contribution in [0.2, 0.25) is 0 Å². The number of rotatable bonds is 12. The summed E-state index contributed by atoms with van der Waals surface area (Å²) in [6, 6.07) is 12.6. The van der Waals surface area contributed by atoms with Gasteiger partial charge in [0.05, 0.1) is 7.11 Å². The molecule has 0 radical (unpaired) electrons. The lowest BCUT2D eigenvalue weighted by atomic mass is 10.1. The second-order valence-corrected chi connectivity index (χ2v) is 7.16. The van der Waals surface area contributed by atoms with Crippen molar-refractivity contribution in [2.45, 2.75) is 45.7 Å². The summed E-state index contributed by atoms with van der Waals surface area (Å²) in [5, 5.41) is 2.90. The van der Waals surface area contributed by atoms with E-state index < -0.39 is 17.8 Å². The lowest BCUT2D eigenvalue weighted by Crippen LogP contribution is -2.50. The SMILES string of the molecule is CCCCNC(=O)[C@@H](CC)N(Cc1ccc(OC)cc1)C(=O)COc1ccccc1F. The minimum Gasteiger partial charge on any atom is -0.497 e. The third-order valence-corrected chi connectivity index (χ3v) is 4.92. The van der Waals surface area contributed by atoms with Gasteiger partial charge in [-0.2, -0.15) is 0 Å². The highest BCUT2D eigenvalue weighted by atomic mass is 19.1. The molecule has 2 aromatic carbocycles. The van der Waals surface area contributed by atoms with E-state index in [0.29, 0.717) is 18.7 Å². The summed E-state index contributed by atoms with van der Waals surface area (Å²) in [6.07, 6.45) is 2.27. The highest BCUT2D eigenvalue weighted by Gasteiger charge is 2.29. The normalized spacial score (nSPS) is 11.5. The van der Waals surface area contributed by atoms with Gasteiger partial charge in [0.2, 0.25) is 5.91 Å². The predicted molar refractivity (Wildman–Crippen MR) is 117 cm³/mol. The van der Waals surface area contributed by atoms with E-state index in [9.17, 15) is 14.0 Å². The Hall–Kier alpha value is -3.09. The summed E-state index contributed by atoms with van der Waals surface area (Å²) < 4.78 is 24.5. The van der Waals surface area contributed by atoms with Crippen LogP contribution >= 0.6 is 0 Å². The fourth-order valence-corrected chi connectivity index (χ4v) is 3.14. The Balaban J connectivity index is 2.18. The smallest absolute Gasteiger partial charge is 0.261 e. The number of nitrogens with zero attached hydrogens (tertiary/aromatic N) is 1. The molecule has 1 N–H and O–H groups in total. The van der Waals surface area contributed by atoms with Crippen molar-refractivity contribution in [3.8, 4) is 11.5 Å². The van der Waals surface area contributed by atoms with Gasteiger partial charge in [0, 0.05) is 13.1 Å². The molecular weight excluding hydrogens is 399 g/mol. The lowest BCUT2D eigenvalue weighted by molar-refractivity contribution is -0.143. The third kappa shape index (κ3) is 7.27. The van der Waals surface area contributed by atoms with Gasteiger partial charge >= 0.3 is 0 Å². The molecule has 7 heteroatoms. The molecule has 0 aliphatic heterocycles. The van der Waals surface area contributed by atoms with Crippen LogP contribution in [0.1, 0.15) is 38.7 Å². The molecular formula is C24H31FN2O4. The Morgan fingerprint density at radius 1 is 1.10 bits per heavy atom. The molecule has 168 valence electrons. The van der Waals surface area contributed by atoms with E-state index in [1.807, 2.05) is 26.0 Å². The molecule has 2 amide bonds. The van der Waals surface area contributed by atoms with Crippen LogP contribution in [-0.4, -0.2) is 43.0 Å². The number of hydrogen-bond acceptors (Lipinski definition) is 4. The number of carbonyl (C=O) groups excluding carboxylic acids is 2. The van der Waals surface area contributed by atoms with Gasteiger partial charge in [-0.05, 0) is 42.7 Å². The van der Waals surface area contributed by atoms with E-state index in [1.165, 1.54) is 17.0 Å². The van der Waals surface area contributed by atoms with Crippen LogP contribution in [0.25, 0.3) is 0 Å². The molecule has 2 aromatic rings. The van der Waals surface area contributed by atoms with Crippen LogP contribution in [0, 0.1) is 5.82 Å². The number of ether oxygens (including phenoxy) is 2. The maximum Gasteiger partial charge on any atom is 0.261 e. The van der Waals surface area contributed by atoms with Gasteiger partial charge in [-0.3, -0.25) is 9.59 Å². The molecule has 6 nitrogen and oxygen atoms in total. The topological polar surface area (TPSA) is 67.9 Å². The molecule has 0 saturated carbocycles. The third-order valence-electron chi connectivity index (χ3n) is 4.92. The Morgan fingerprint density at radius 3 is 2.42 bits per heavy atom. The minimum atomic E-state index is -0.657. The molecule has 0 aromatic heterocycles. The first-order chi connectivity index (χ1) is 15.0. The molecule has 0 fully saturated rings. The first-order valence-corrected chi connectivity index (χ1v) is 10.6. The van der Waals surface area contributed by atoms with E-state index in [1.54, 1.807) is 31.4 Å². The summed E-state index contributed by atoms with van der Waals surface area (Å²) in [5.41, 5.74) is 0.847. The number of methoxy groups -OCH3 is 1. The standard InChI is InChI=1S/C24H31FN2O4/c1-4-6-15-26-24(29)21(5-2)27(16-18-11-13-19(30-3)14-12-18)23(28)17-31-22-10-8-7-9-20(22)25/h7-14,21H,4-6,15-17H2,1-3H3,(H,26,29)/t21-/m1/s1. The van der Waals surface area contributed by atoms with Crippen molar-refractivity contribution in [2.75, 3.05) is 20.3 Å². The molecule has 0 aliphatic rings. The van der Waals surface area contributed by atoms with E-state index in [2.05, 4.69) is 5.32 Å². The highest BCUT2D eigenvalue weighted by molar-refractivity contribution is 5.88. The van der Waals surface area contributed by atoms with Gasteiger partial charge in [0.25, 0.3) is 5.91 Å². The summed E-state index contributed by atoms with van der Waals surface area (Å²) in [7, 11) is 1.58. The molecule has 0 spiro atoms. The number of unbranched alkanes of at least 4 members (excludes halogenated alkanes) is 1. The van der Waals surface area contributed by atoms with Crippen molar-refractivity contribution < 1.29 is 23.5 Å². The molecule has 1 atom stereocenters. The van der Waals surface area contributed by atoms with Crippen LogP contribution in [0.4, 0.5) is 4.39 Å². The van der Waals surface area contributed by atoms with Crippen LogP contribution in [0.3, 0.4) is 0 Å². The minimum absolute atomic E-state index is 0.000642. The zero-order chi connectivity index (χ0) is 22.6. The lowest BCUT2D eigenvalue weighted by Gasteiger charge is -2.30. The van der Waals surface area contributed by atoms with E-state index >= 15 is 0 Å². The van der Waals surface area contributed by atoms with Crippen molar-refractivity contribution in [1.29, 1.82) is 0 Å². The van der Waals surface area contributed by atoms with Crippen LogP contribution in [0.15, 0.2) is 48.5 Å². The first kappa shape index (κ1) is 24.2. The molecule has 0 bridgehead atoms. The van der Waals surface area contributed by atoms with Gasteiger partial charge < -0.3 is 19.7 Å². The maximum atomic E-state index is 13.9. The van der Waals surface area contributed by atoms with Crippen molar-refractivity contribution >= 4 is 11.8 Å². The van der Waals surface area contributed by atoms with Crippen molar-refractivity contribution in [2.24, 2.45) is 0 Å². The molecule has 0 unspecified atom stereocenters. The summed E-state index contributed by atoms with van der Waals surface area (Å²) >= 11 is 0. The predicted octanol–water partition coefficient (Wildman–Crippen LogP) is 3.94. The maximum absolute atomic E-state index is 13.9. The van der Waals surface area contributed by atoms with Crippen LogP contribution in [0.5, 0.6) is 11.5 Å². The van der Waals surface area contributed by atoms with E-state index in [4.69, 9.17) is 9.47 Å². The molecule has 31 heavy (non-hydrogen) atoms. The largest absolute Gasteiger partial charge is 0.497 e. The number of halogens is 1. The monoisotopic (exact) mass is 430 g/mol. The molecule has 2 rings (SSSR count). The molecule has 0 aliphatic carbocycles. The Bertz CT molecular complexity index is 842. The van der Waals surface area contributed by atoms with Crippen LogP contribution < -0.4 is 14.8 Å². The number of benzene rings is 2. The Morgan fingerprint density at radius 2 is 1.81 bits per heavy atom. The number of hydrogen-bond donors (Lipinski definition) is 1. The molecule has 0 saturated heterocycles. The van der Waals surface area contributed by atoms with Gasteiger partial charge in [-0.15, -0.1) is 0 Å². The van der Waals surface area contributed by atoms with Crippen molar-refractivity contribution in [3.63, 3.8) is 0 Å². The zero-order valence-electron chi connectivity index (χ0n) is 18.4. The first-order valence-electron chi connectivity index (χ1n) is 10.6. The van der Waals surface area contributed by atoms with Crippen molar-refractivity contribution in [3.05, 3.63) is 59.9 Å². The Labute approximate surface area is 183 Å². The van der Waals surface area contributed by atoms with Gasteiger partial charge in [-0.25, -0.2) is 4.39 Å². The quantitative estimate of drug-likeness (QED) is 0.518. The van der Waals surface area contributed by atoms with Gasteiger partial charge in [0.1, 0.15) is 11.8 Å². The summed E-state index contributed by atoms with van der Waals surface area (Å²) in [5.74, 6) is -0.434. The summed E-state index contributed by atoms with van der Waals surface area (Å²) in [4.78, 5) is 27.3. The number of nitrogens with one attached hydrogen (secondary N) is 1. The van der Waals surface area contributed by atoms with E-state index in [0.717, 1.165) is 18.4 Å². The second-order valence-electron chi connectivity index (χ2n) is 7.16. The van der Waals surface area contributed by atoms with E-state index in [-0.39, 0.29) is 24.8 Å². The summed E-state index contributed by atoms with van der Waals surface area (Å²) in [6.45, 7) is 4.32. The molecule has 0 heterocycles. The van der Waals surface area contributed by atoms with Gasteiger partial charge in [0.15, 0.2) is 18.2 Å². The zero-order valence-corrected chi connectivity index (χ0v) is 18.4. The number of para-hydroxylation sites is 1. The Kier molecular flexibility index (Phi) is 9.81.